The molecule has 0 saturated carbocycles. The maximum Gasteiger partial charge on any atom is 0.198 e. The number of hydrogen-bond acceptors (Lipinski definition) is 3. The summed E-state index contributed by atoms with van der Waals surface area (Å²) < 4.78 is 2.70. The maximum absolute atomic E-state index is 4.24. The van der Waals surface area contributed by atoms with Crippen LogP contribution < -0.4 is 26.0 Å². The van der Waals surface area contributed by atoms with Gasteiger partial charge in [-0.3, -0.25) is 0 Å². The van der Waals surface area contributed by atoms with Crippen molar-refractivity contribution in [1.29, 1.82) is 0 Å². The molecule has 5 heteroatoms. The molecule has 86 heavy (non-hydrogen) atoms. The lowest BCUT2D eigenvalue weighted by Gasteiger charge is -2.43. The second kappa shape index (κ2) is 20.0. The number of anilines is 8. The zero-order valence-corrected chi connectivity index (χ0v) is 51.3. The van der Waals surface area contributed by atoms with E-state index in [1.54, 1.807) is 0 Å². The van der Waals surface area contributed by atoms with E-state index in [1.807, 2.05) is 0 Å². The third-order valence-corrected chi connectivity index (χ3v) is 20.2. The van der Waals surface area contributed by atoms with Crippen molar-refractivity contribution >= 4 is 96.3 Å². The van der Waals surface area contributed by atoms with E-state index in [-0.39, 0.29) is 21.7 Å². The van der Waals surface area contributed by atoms with Crippen LogP contribution in [0.15, 0.2) is 231 Å². The van der Waals surface area contributed by atoms with Gasteiger partial charge in [-0.05, 0) is 212 Å². The highest BCUT2D eigenvalue weighted by Gasteiger charge is 2.41. The molecule has 0 fully saturated rings. The number of aryl methyl sites for hydroxylation is 1. The van der Waals surface area contributed by atoms with Crippen molar-refractivity contribution in [3.63, 3.8) is 0 Å². The van der Waals surface area contributed by atoms with E-state index in [2.05, 4.69) is 313 Å². The number of nitrogens with zero attached hydrogens (tertiary/aromatic N) is 3. The van der Waals surface area contributed by atoms with Gasteiger partial charge in [0.2, 0.25) is 0 Å². The lowest BCUT2D eigenvalue weighted by Crippen LogP contribution is -2.41. The summed E-state index contributed by atoms with van der Waals surface area (Å²) >= 11 is 0. The second-order valence-electron chi connectivity index (χ2n) is 27.6. The second-order valence-corrected chi connectivity index (χ2v) is 27.6. The Labute approximate surface area is 509 Å². The van der Waals surface area contributed by atoms with Gasteiger partial charge in [0, 0.05) is 61.8 Å². The number of benzene rings is 11. The molecule has 0 amide bonds. The summed E-state index contributed by atoms with van der Waals surface area (Å²) in [6.07, 6.45) is 4.61. The number of aromatic nitrogens is 1. The van der Waals surface area contributed by atoms with Crippen LogP contribution in [0.25, 0.3) is 60.5 Å². The van der Waals surface area contributed by atoms with Gasteiger partial charge < -0.3 is 19.7 Å². The van der Waals surface area contributed by atoms with Crippen LogP contribution in [0, 0.1) is 6.92 Å². The van der Waals surface area contributed by atoms with E-state index < -0.39 is 0 Å². The first-order valence-corrected chi connectivity index (χ1v) is 31.2. The SMILES string of the molecule is Cc1ccccc1-c1cccc(N(c2ccccc2)c2cc(-c3ccc(N(c4ccccc4)c4ccccc4)cc3Nc3ccc4c(c3)C(C)(C)CCC4(C)C)c3c4c2c2cc5ccccc5cc2n4-c2cc4c(cc2B3)C(C)(C)CCC4(C)C)c1. The average molecular weight is 1120 g/mol. The maximum atomic E-state index is 4.24. The number of hydrogen-bond donors (Lipinski definition) is 1. The summed E-state index contributed by atoms with van der Waals surface area (Å²) in [5.74, 6) is 0. The van der Waals surface area contributed by atoms with Gasteiger partial charge >= 0.3 is 0 Å². The fourth-order valence-electron chi connectivity index (χ4n) is 15.1. The summed E-state index contributed by atoms with van der Waals surface area (Å²) in [5, 5.41) is 9.21. The molecule has 0 saturated heterocycles. The van der Waals surface area contributed by atoms with E-state index in [9.17, 15) is 0 Å². The number of rotatable bonds is 10. The van der Waals surface area contributed by atoms with Crippen LogP contribution in [0.4, 0.5) is 45.5 Å². The van der Waals surface area contributed by atoms with Gasteiger partial charge in [-0.15, -0.1) is 0 Å². The summed E-state index contributed by atoms with van der Waals surface area (Å²) in [6.45, 7) is 21.8. The van der Waals surface area contributed by atoms with Crippen molar-refractivity contribution < 1.29 is 0 Å². The van der Waals surface area contributed by atoms with E-state index in [1.165, 1.54) is 100 Å². The van der Waals surface area contributed by atoms with Crippen molar-refractivity contribution in [1.82, 2.24) is 4.57 Å². The van der Waals surface area contributed by atoms with Crippen LogP contribution in [0.5, 0.6) is 0 Å². The Morgan fingerprint density at radius 1 is 0.419 bits per heavy atom. The largest absolute Gasteiger partial charge is 0.355 e. The molecular formula is C81H75BN4. The third-order valence-electron chi connectivity index (χ3n) is 20.2. The molecule has 0 unspecified atom stereocenters. The van der Waals surface area contributed by atoms with Crippen LogP contribution >= 0.6 is 0 Å². The zero-order chi connectivity index (χ0) is 58.9. The number of fused-ring (bicyclic) bond motifs is 8. The molecule has 1 aromatic heterocycles. The van der Waals surface area contributed by atoms with E-state index in [0.29, 0.717) is 0 Å². The van der Waals surface area contributed by atoms with Gasteiger partial charge in [0.1, 0.15) is 0 Å². The minimum atomic E-state index is 0.0194. The minimum Gasteiger partial charge on any atom is -0.355 e. The van der Waals surface area contributed by atoms with Gasteiger partial charge in [-0.1, -0.05) is 194 Å². The normalized spacial score (nSPS) is 15.8. The van der Waals surface area contributed by atoms with Gasteiger partial charge in [0.05, 0.1) is 16.7 Å². The molecule has 0 spiro atoms. The number of para-hydroxylation sites is 3. The quantitative estimate of drug-likeness (QED) is 0.138. The molecular weight excluding hydrogens is 1040 g/mol. The molecule has 0 radical (unpaired) electrons. The Morgan fingerprint density at radius 2 is 0.965 bits per heavy atom. The summed E-state index contributed by atoms with van der Waals surface area (Å²) in [4.78, 5) is 4.95. The number of nitrogens with one attached hydrogen (secondary N) is 1. The Balaban J connectivity index is 1.08. The average Bonchev–Trinajstić information content (AvgIpc) is 1.48. The van der Waals surface area contributed by atoms with Crippen molar-refractivity contribution in [3.05, 3.63) is 258 Å². The molecule has 11 aromatic carbocycles. The highest BCUT2D eigenvalue weighted by molar-refractivity contribution is 6.73. The van der Waals surface area contributed by atoms with Gasteiger partial charge in [-0.25, -0.2) is 0 Å². The van der Waals surface area contributed by atoms with E-state index in [4.69, 9.17) is 0 Å². The topological polar surface area (TPSA) is 23.4 Å². The first-order valence-electron chi connectivity index (χ1n) is 31.2. The van der Waals surface area contributed by atoms with Crippen LogP contribution in [-0.4, -0.2) is 11.8 Å². The Hall–Kier alpha value is -9.06. The minimum absolute atomic E-state index is 0.0194. The van der Waals surface area contributed by atoms with Gasteiger partial charge in [-0.2, -0.15) is 0 Å². The first kappa shape index (κ1) is 53.7. The molecule has 12 aromatic rings. The van der Waals surface area contributed by atoms with Gasteiger partial charge in [0.25, 0.3) is 0 Å². The lowest BCUT2D eigenvalue weighted by atomic mass is 9.55. The molecule has 3 aliphatic rings. The highest BCUT2D eigenvalue weighted by atomic mass is 15.2. The molecule has 2 heterocycles. The van der Waals surface area contributed by atoms with Crippen LogP contribution in [0.1, 0.15) is 109 Å². The lowest BCUT2D eigenvalue weighted by molar-refractivity contribution is 0.332. The summed E-state index contributed by atoms with van der Waals surface area (Å²) in [5.41, 5.74) is 27.3. The highest BCUT2D eigenvalue weighted by Crippen LogP contribution is 2.52. The van der Waals surface area contributed by atoms with Crippen molar-refractivity contribution in [3.8, 4) is 27.9 Å². The zero-order valence-electron chi connectivity index (χ0n) is 51.3. The Bertz CT molecular complexity index is 4620. The summed E-state index contributed by atoms with van der Waals surface area (Å²) in [7, 11) is 0.776. The van der Waals surface area contributed by atoms with Crippen LogP contribution in [0.3, 0.4) is 0 Å². The third kappa shape index (κ3) is 8.87. The predicted molar refractivity (Wildman–Crippen MR) is 370 cm³/mol. The molecule has 0 atom stereocenters. The van der Waals surface area contributed by atoms with Crippen LogP contribution in [0.2, 0.25) is 0 Å². The fourth-order valence-corrected chi connectivity index (χ4v) is 15.1. The van der Waals surface area contributed by atoms with E-state index >= 15 is 0 Å². The first-order chi connectivity index (χ1) is 41.5. The Morgan fingerprint density at radius 3 is 1.62 bits per heavy atom. The van der Waals surface area contributed by atoms with Crippen LogP contribution in [-0.2, 0) is 21.7 Å². The Kier molecular flexibility index (Phi) is 12.5. The standard InChI is InChI=1S/C81H75BN4/c1-52-24-19-22-35-62(52)55-27-23-34-60(44-55)85(59-32-17-12-18-33-59)74-49-64(76-77-75(74)65-45-53-25-20-21-26-54(53)46-72(65)86(77)73-51-69-68(50-70(73)82-76)80(6,7)42-43-81(69,8)9)63-38-37-61(84(57-28-13-10-14-29-57)58-30-15-11-16-31-58)48-71(63)83-56-36-39-66-67(47-56)79(4,5)41-40-78(66,2)3/h10-39,44-51,82-83H,40-43H2,1-9H3. The molecule has 422 valence electrons. The van der Waals surface area contributed by atoms with Gasteiger partial charge in [0.15, 0.2) is 7.28 Å². The van der Waals surface area contributed by atoms with Crippen molar-refractivity contribution in [2.24, 2.45) is 0 Å². The predicted octanol–water partition coefficient (Wildman–Crippen LogP) is 20.7. The van der Waals surface area contributed by atoms with E-state index in [0.717, 1.165) is 77.6 Å². The summed E-state index contributed by atoms with van der Waals surface area (Å²) in [6, 6.07) is 87.0. The molecule has 1 N–H and O–H groups in total. The molecule has 15 rings (SSSR count). The molecule has 4 nitrogen and oxygen atoms in total. The van der Waals surface area contributed by atoms with Crippen molar-refractivity contribution in [2.75, 3.05) is 15.1 Å². The molecule has 2 aliphatic carbocycles. The smallest absolute Gasteiger partial charge is 0.198 e. The molecule has 0 bridgehead atoms. The molecule has 1 aliphatic heterocycles. The van der Waals surface area contributed by atoms with Crippen molar-refractivity contribution in [2.45, 2.75) is 110 Å². The monoisotopic (exact) mass is 1110 g/mol. The fraction of sp³-hybridized carbons (Fsp3) is 0.210.